The number of carbonyl (C=O) groups is 1. The summed E-state index contributed by atoms with van der Waals surface area (Å²) in [5, 5.41) is 12.9. The van der Waals surface area contributed by atoms with Crippen molar-refractivity contribution in [1.29, 1.82) is 0 Å². The summed E-state index contributed by atoms with van der Waals surface area (Å²) < 4.78 is 0. The fourth-order valence-corrected chi connectivity index (χ4v) is 2.03. The number of hydrogen-bond donors (Lipinski definition) is 2. The van der Waals surface area contributed by atoms with Crippen LogP contribution in [0.1, 0.15) is 59.8 Å². The summed E-state index contributed by atoms with van der Waals surface area (Å²) in [5.74, 6) is 0.622. The van der Waals surface area contributed by atoms with Crippen molar-refractivity contribution in [3.05, 3.63) is 0 Å². The van der Waals surface area contributed by atoms with Crippen molar-refractivity contribution < 1.29 is 9.90 Å². The largest absolute Gasteiger partial charge is 0.388 e. The molecule has 0 spiro atoms. The van der Waals surface area contributed by atoms with Gasteiger partial charge >= 0.3 is 0 Å². The zero-order valence-electron chi connectivity index (χ0n) is 11.0. The van der Waals surface area contributed by atoms with E-state index in [4.69, 9.17) is 0 Å². The summed E-state index contributed by atoms with van der Waals surface area (Å²) in [4.78, 5) is 11.8. The molecule has 0 aliphatic heterocycles. The first-order chi connectivity index (χ1) is 7.22. The molecule has 2 N–H and O–H groups in total. The predicted octanol–water partition coefficient (Wildman–Crippen LogP) is 2.23. The third kappa shape index (κ3) is 3.48. The zero-order chi connectivity index (χ0) is 12.4. The lowest BCUT2D eigenvalue weighted by molar-refractivity contribution is -0.127. The molecule has 1 aliphatic rings. The van der Waals surface area contributed by atoms with E-state index in [9.17, 15) is 9.90 Å². The maximum atomic E-state index is 11.8. The standard InChI is InChI=1S/C13H25NO2/c1-12(2,13(3,4)16)14-11(15)9-10-7-5-6-8-10/h10,16H,5-9H2,1-4H3,(H,14,15). The van der Waals surface area contributed by atoms with Gasteiger partial charge in [0.1, 0.15) is 0 Å². The molecule has 1 saturated carbocycles. The van der Waals surface area contributed by atoms with Crippen molar-refractivity contribution in [2.24, 2.45) is 5.92 Å². The number of nitrogens with one attached hydrogen (secondary N) is 1. The van der Waals surface area contributed by atoms with Gasteiger partial charge in [0.05, 0.1) is 11.1 Å². The maximum Gasteiger partial charge on any atom is 0.220 e. The van der Waals surface area contributed by atoms with Gasteiger partial charge in [-0.1, -0.05) is 12.8 Å². The number of hydrogen-bond acceptors (Lipinski definition) is 2. The van der Waals surface area contributed by atoms with Crippen LogP contribution in [0, 0.1) is 5.92 Å². The molecule has 16 heavy (non-hydrogen) atoms. The van der Waals surface area contributed by atoms with Gasteiger partial charge in [-0.2, -0.15) is 0 Å². The zero-order valence-corrected chi connectivity index (χ0v) is 11.0. The Hall–Kier alpha value is -0.570. The minimum Gasteiger partial charge on any atom is -0.388 e. The molecule has 1 aliphatic carbocycles. The molecule has 3 nitrogen and oxygen atoms in total. The number of carbonyl (C=O) groups excluding carboxylic acids is 1. The first-order valence-electron chi connectivity index (χ1n) is 6.26. The van der Waals surface area contributed by atoms with Crippen LogP contribution in [0.4, 0.5) is 0 Å². The van der Waals surface area contributed by atoms with E-state index in [-0.39, 0.29) is 5.91 Å². The Labute approximate surface area is 98.6 Å². The topological polar surface area (TPSA) is 49.3 Å². The van der Waals surface area contributed by atoms with Crippen molar-refractivity contribution in [2.75, 3.05) is 0 Å². The molecule has 0 atom stereocenters. The van der Waals surface area contributed by atoms with E-state index < -0.39 is 11.1 Å². The fourth-order valence-electron chi connectivity index (χ4n) is 2.03. The number of amides is 1. The summed E-state index contributed by atoms with van der Waals surface area (Å²) in [6.45, 7) is 7.17. The van der Waals surface area contributed by atoms with Crippen molar-refractivity contribution in [3.63, 3.8) is 0 Å². The first-order valence-corrected chi connectivity index (χ1v) is 6.26. The van der Waals surface area contributed by atoms with Crippen LogP contribution < -0.4 is 5.32 Å². The van der Waals surface area contributed by atoms with Crippen molar-refractivity contribution in [3.8, 4) is 0 Å². The predicted molar refractivity (Wildman–Crippen MR) is 65.1 cm³/mol. The van der Waals surface area contributed by atoms with E-state index in [0.717, 1.165) is 0 Å². The molecule has 0 aromatic rings. The Morgan fingerprint density at radius 2 is 1.75 bits per heavy atom. The lowest BCUT2D eigenvalue weighted by atomic mass is 9.85. The van der Waals surface area contributed by atoms with Gasteiger partial charge in [-0.3, -0.25) is 4.79 Å². The molecule has 94 valence electrons. The van der Waals surface area contributed by atoms with Gasteiger partial charge in [0.2, 0.25) is 5.91 Å². The van der Waals surface area contributed by atoms with Crippen LogP contribution in [0.3, 0.4) is 0 Å². The van der Waals surface area contributed by atoms with Gasteiger partial charge < -0.3 is 10.4 Å². The van der Waals surface area contributed by atoms with E-state index in [1.54, 1.807) is 13.8 Å². The van der Waals surface area contributed by atoms with Crippen LogP contribution in [0.5, 0.6) is 0 Å². The normalized spacial score (nSPS) is 18.8. The average Bonchev–Trinajstić information content (AvgIpc) is 2.52. The van der Waals surface area contributed by atoms with E-state index in [1.807, 2.05) is 13.8 Å². The smallest absolute Gasteiger partial charge is 0.220 e. The van der Waals surface area contributed by atoms with Gasteiger partial charge in [-0.15, -0.1) is 0 Å². The molecule has 0 radical (unpaired) electrons. The minimum absolute atomic E-state index is 0.0685. The molecule has 3 heteroatoms. The highest BCUT2D eigenvalue weighted by Gasteiger charge is 2.36. The maximum absolute atomic E-state index is 11.8. The summed E-state index contributed by atoms with van der Waals surface area (Å²) in [5.41, 5.74) is -1.49. The van der Waals surface area contributed by atoms with Gasteiger partial charge in [-0.25, -0.2) is 0 Å². The highest BCUT2D eigenvalue weighted by atomic mass is 16.3. The van der Waals surface area contributed by atoms with Crippen LogP contribution >= 0.6 is 0 Å². The van der Waals surface area contributed by atoms with E-state index >= 15 is 0 Å². The summed E-state index contributed by atoms with van der Waals surface area (Å²) >= 11 is 0. The summed E-state index contributed by atoms with van der Waals surface area (Å²) in [7, 11) is 0. The van der Waals surface area contributed by atoms with Gasteiger partial charge in [0, 0.05) is 6.42 Å². The Kier molecular flexibility index (Phi) is 4.00. The molecule has 0 bridgehead atoms. The highest BCUT2D eigenvalue weighted by Crippen LogP contribution is 2.28. The van der Waals surface area contributed by atoms with E-state index in [0.29, 0.717) is 12.3 Å². The summed E-state index contributed by atoms with van der Waals surface area (Å²) in [6, 6.07) is 0. The quantitative estimate of drug-likeness (QED) is 0.773. The molecule has 0 unspecified atom stereocenters. The Morgan fingerprint density at radius 1 is 1.25 bits per heavy atom. The average molecular weight is 227 g/mol. The van der Waals surface area contributed by atoms with E-state index in [1.165, 1.54) is 25.7 Å². The lowest BCUT2D eigenvalue weighted by Crippen LogP contribution is -2.57. The Balaban J connectivity index is 2.44. The third-order valence-corrected chi connectivity index (χ3v) is 3.93. The molecule has 1 amide bonds. The molecule has 1 fully saturated rings. The SMILES string of the molecule is CC(C)(O)C(C)(C)NC(=O)CC1CCCC1. The third-order valence-electron chi connectivity index (χ3n) is 3.93. The summed E-state index contributed by atoms with van der Waals surface area (Å²) in [6.07, 6.45) is 5.48. The fraction of sp³-hybridized carbons (Fsp3) is 0.923. The molecule has 0 aromatic heterocycles. The molecule has 0 saturated heterocycles. The number of rotatable bonds is 4. The van der Waals surface area contributed by atoms with Gasteiger partial charge in [0.25, 0.3) is 0 Å². The van der Waals surface area contributed by atoms with E-state index in [2.05, 4.69) is 5.32 Å². The minimum atomic E-state index is -0.904. The first kappa shape index (κ1) is 13.5. The Bertz CT molecular complexity index is 247. The van der Waals surface area contributed by atoms with Crippen LogP contribution in [-0.4, -0.2) is 22.2 Å². The second-order valence-corrected chi connectivity index (χ2v) is 6.09. The highest BCUT2D eigenvalue weighted by molar-refractivity contribution is 5.77. The monoisotopic (exact) mass is 227 g/mol. The van der Waals surface area contributed by atoms with Gasteiger partial charge in [0.15, 0.2) is 0 Å². The van der Waals surface area contributed by atoms with Crippen LogP contribution in [0.2, 0.25) is 0 Å². The van der Waals surface area contributed by atoms with Gasteiger partial charge in [-0.05, 0) is 46.5 Å². The number of aliphatic hydroxyl groups is 1. The molecular formula is C13H25NO2. The lowest BCUT2D eigenvalue weighted by Gasteiger charge is -2.38. The second-order valence-electron chi connectivity index (χ2n) is 6.09. The van der Waals surface area contributed by atoms with Crippen molar-refractivity contribution >= 4 is 5.91 Å². The molecule has 1 rings (SSSR count). The van der Waals surface area contributed by atoms with Crippen molar-refractivity contribution in [1.82, 2.24) is 5.32 Å². The van der Waals surface area contributed by atoms with Crippen molar-refractivity contribution in [2.45, 2.75) is 70.9 Å². The Morgan fingerprint density at radius 3 is 2.19 bits per heavy atom. The second kappa shape index (κ2) is 4.74. The van der Waals surface area contributed by atoms with Crippen LogP contribution in [0.25, 0.3) is 0 Å². The molecular weight excluding hydrogens is 202 g/mol. The van der Waals surface area contributed by atoms with Crippen LogP contribution in [-0.2, 0) is 4.79 Å². The molecule has 0 aromatic carbocycles. The molecule has 0 heterocycles. The van der Waals surface area contributed by atoms with Crippen LogP contribution in [0.15, 0.2) is 0 Å².